The minimum Gasteiger partial charge on any atom is -0.383 e. The number of rotatable bonds is 3. The molecular weight excluding hydrogens is 270 g/mol. The summed E-state index contributed by atoms with van der Waals surface area (Å²) in [5.41, 5.74) is 8.89. The molecule has 0 bridgehead atoms. The fourth-order valence-electron chi connectivity index (χ4n) is 2.13. The Kier molecular flexibility index (Phi) is 4.06. The molecule has 1 aromatic carbocycles. The highest BCUT2D eigenvalue weighted by Gasteiger charge is 2.18. The molecule has 2 aromatic rings. The van der Waals surface area contributed by atoms with Crippen LogP contribution in [-0.2, 0) is 6.54 Å². The Hall–Kier alpha value is -1.92. The van der Waals surface area contributed by atoms with Crippen molar-refractivity contribution in [2.45, 2.75) is 33.2 Å². The van der Waals surface area contributed by atoms with Crippen LogP contribution in [0.1, 0.15) is 31.2 Å². The maximum Gasteiger partial charge on any atom is 0.132 e. The SMILES string of the molecule is C#CCn1c(C(C)C)nc(-c2ccc(C)c(Cl)c2)c1N. The first-order chi connectivity index (χ1) is 9.45. The Morgan fingerprint density at radius 2 is 2.15 bits per heavy atom. The van der Waals surface area contributed by atoms with Gasteiger partial charge in [-0.25, -0.2) is 4.98 Å². The van der Waals surface area contributed by atoms with Gasteiger partial charge in [-0.05, 0) is 18.6 Å². The van der Waals surface area contributed by atoms with Crippen molar-refractivity contribution in [2.75, 3.05) is 5.73 Å². The van der Waals surface area contributed by atoms with Crippen LogP contribution < -0.4 is 5.73 Å². The highest BCUT2D eigenvalue weighted by molar-refractivity contribution is 6.31. The first kappa shape index (κ1) is 14.5. The molecule has 0 unspecified atom stereocenters. The predicted octanol–water partition coefficient (Wildman–Crippen LogP) is 3.85. The zero-order valence-corrected chi connectivity index (χ0v) is 12.7. The van der Waals surface area contributed by atoms with Gasteiger partial charge in [0.1, 0.15) is 17.3 Å². The zero-order valence-electron chi connectivity index (χ0n) is 11.9. The number of anilines is 1. The van der Waals surface area contributed by atoms with Crippen molar-refractivity contribution >= 4 is 17.4 Å². The molecule has 0 fully saturated rings. The molecule has 0 aliphatic rings. The summed E-state index contributed by atoms with van der Waals surface area (Å²) in [5.74, 6) is 4.36. The molecule has 0 aliphatic carbocycles. The lowest BCUT2D eigenvalue weighted by Gasteiger charge is -2.08. The van der Waals surface area contributed by atoms with E-state index < -0.39 is 0 Å². The lowest BCUT2D eigenvalue weighted by atomic mass is 10.1. The van der Waals surface area contributed by atoms with Crippen molar-refractivity contribution in [2.24, 2.45) is 0 Å². The van der Waals surface area contributed by atoms with E-state index in [0.717, 1.165) is 22.6 Å². The second-order valence-electron chi connectivity index (χ2n) is 5.11. The molecule has 0 atom stereocenters. The van der Waals surface area contributed by atoms with E-state index in [-0.39, 0.29) is 5.92 Å². The minimum atomic E-state index is 0.250. The number of halogens is 1. The molecule has 104 valence electrons. The van der Waals surface area contributed by atoms with Crippen molar-refractivity contribution in [3.8, 4) is 23.6 Å². The van der Waals surface area contributed by atoms with Crippen molar-refractivity contribution in [1.82, 2.24) is 9.55 Å². The molecule has 1 aromatic heterocycles. The van der Waals surface area contributed by atoms with Crippen LogP contribution in [0, 0.1) is 19.3 Å². The van der Waals surface area contributed by atoms with Gasteiger partial charge in [0.15, 0.2) is 0 Å². The van der Waals surface area contributed by atoms with Gasteiger partial charge in [0, 0.05) is 16.5 Å². The Morgan fingerprint density at radius 3 is 2.70 bits per heavy atom. The van der Waals surface area contributed by atoms with Gasteiger partial charge >= 0.3 is 0 Å². The number of hydrogen-bond donors (Lipinski definition) is 1. The summed E-state index contributed by atoms with van der Waals surface area (Å²) < 4.78 is 1.88. The van der Waals surface area contributed by atoms with E-state index in [1.54, 1.807) is 0 Å². The van der Waals surface area contributed by atoms with Crippen LogP contribution in [0.25, 0.3) is 11.3 Å². The molecule has 0 radical (unpaired) electrons. The molecule has 4 heteroatoms. The molecular formula is C16H18ClN3. The number of nitrogen functional groups attached to an aromatic ring is 1. The quantitative estimate of drug-likeness (QED) is 0.872. The van der Waals surface area contributed by atoms with E-state index in [0.29, 0.717) is 17.4 Å². The van der Waals surface area contributed by atoms with Crippen LogP contribution in [-0.4, -0.2) is 9.55 Å². The standard InChI is InChI=1S/C16H18ClN3/c1-5-8-20-15(18)14(19-16(20)10(2)3)12-7-6-11(4)13(17)9-12/h1,6-7,9-10H,8,18H2,2-4H3. The molecule has 0 saturated heterocycles. The topological polar surface area (TPSA) is 43.8 Å². The van der Waals surface area contributed by atoms with Gasteiger partial charge in [0.05, 0.1) is 6.54 Å². The van der Waals surface area contributed by atoms with E-state index in [2.05, 4.69) is 24.8 Å². The first-order valence-corrected chi connectivity index (χ1v) is 6.89. The third-order valence-corrected chi connectivity index (χ3v) is 3.65. The normalized spacial score (nSPS) is 10.8. The van der Waals surface area contributed by atoms with Crippen molar-refractivity contribution in [1.29, 1.82) is 0 Å². The third kappa shape index (κ3) is 2.52. The fourth-order valence-corrected chi connectivity index (χ4v) is 2.31. The Bertz CT molecular complexity index is 678. The molecule has 2 rings (SSSR count). The summed E-state index contributed by atoms with van der Waals surface area (Å²) in [7, 11) is 0. The number of aromatic nitrogens is 2. The first-order valence-electron chi connectivity index (χ1n) is 6.51. The van der Waals surface area contributed by atoms with Crippen LogP contribution >= 0.6 is 11.6 Å². The number of hydrogen-bond acceptors (Lipinski definition) is 2. The molecule has 3 nitrogen and oxygen atoms in total. The third-order valence-electron chi connectivity index (χ3n) is 3.25. The summed E-state index contributed by atoms with van der Waals surface area (Å²) in [5, 5.41) is 0.708. The maximum absolute atomic E-state index is 6.21. The van der Waals surface area contributed by atoms with Gasteiger partial charge < -0.3 is 10.3 Å². The van der Waals surface area contributed by atoms with Crippen molar-refractivity contribution < 1.29 is 0 Å². The van der Waals surface area contributed by atoms with Crippen LogP contribution in [0.3, 0.4) is 0 Å². The fraction of sp³-hybridized carbons (Fsp3) is 0.312. The highest BCUT2D eigenvalue weighted by atomic mass is 35.5. The molecule has 2 N–H and O–H groups in total. The molecule has 0 saturated carbocycles. The molecule has 0 aliphatic heterocycles. The largest absolute Gasteiger partial charge is 0.383 e. The summed E-state index contributed by atoms with van der Waals surface area (Å²) in [4.78, 5) is 4.65. The monoisotopic (exact) mass is 287 g/mol. The lowest BCUT2D eigenvalue weighted by molar-refractivity contribution is 0.691. The number of nitrogens with zero attached hydrogens (tertiary/aromatic N) is 2. The smallest absolute Gasteiger partial charge is 0.132 e. The van der Waals surface area contributed by atoms with E-state index in [1.807, 2.05) is 29.7 Å². The molecule has 20 heavy (non-hydrogen) atoms. The van der Waals surface area contributed by atoms with Gasteiger partial charge in [0.25, 0.3) is 0 Å². The minimum absolute atomic E-state index is 0.250. The van der Waals surface area contributed by atoms with Crippen molar-refractivity contribution in [3.05, 3.63) is 34.6 Å². The second kappa shape index (κ2) is 5.60. The zero-order chi connectivity index (χ0) is 14.9. The number of aryl methyl sites for hydroxylation is 1. The maximum atomic E-state index is 6.21. The second-order valence-corrected chi connectivity index (χ2v) is 5.52. The van der Waals surface area contributed by atoms with Gasteiger partial charge in [-0.1, -0.05) is 43.5 Å². The molecule has 0 spiro atoms. The van der Waals surface area contributed by atoms with E-state index in [1.165, 1.54) is 0 Å². The van der Waals surface area contributed by atoms with Crippen LogP contribution in [0.5, 0.6) is 0 Å². The Labute approximate surface area is 124 Å². The summed E-state index contributed by atoms with van der Waals surface area (Å²) in [6.45, 7) is 6.53. The number of nitrogens with two attached hydrogens (primary N) is 1. The van der Waals surface area contributed by atoms with Crippen LogP contribution in [0.4, 0.5) is 5.82 Å². The van der Waals surface area contributed by atoms with E-state index in [4.69, 9.17) is 23.8 Å². The number of imidazole rings is 1. The van der Waals surface area contributed by atoms with Crippen molar-refractivity contribution in [3.63, 3.8) is 0 Å². The van der Waals surface area contributed by atoms with Crippen LogP contribution in [0.15, 0.2) is 18.2 Å². The molecule has 1 heterocycles. The average Bonchev–Trinajstić information content (AvgIpc) is 2.72. The van der Waals surface area contributed by atoms with Gasteiger partial charge in [-0.15, -0.1) is 6.42 Å². The highest BCUT2D eigenvalue weighted by Crippen LogP contribution is 2.31. The van der Waals surface area contributed by atoms with E-state index >= 15 is 0 Å². The predicted molar refractivity (Wildman–Crippen MR) is 84.7 cm³/mol. The summed E-state index contributed by atoms with van der Waals surface area (Å²) in [6.07, 6.45) is 5.42. The molecule has 0 amide bonds. The lowest BCUT2D eigenvalue weighted by Crippen LogP contribution is -2.07. The Morgan fingerprint density at radius 1 is 1.45 bits per heavy atom. The average molecular weight is 288 g/mol. The van der Waals surface area contributed by atoms with Crippen LogP contribution in [0.2, 0.25) is 5.02 Å². The van der Waals surface area contributed by atoms with Gasteiger partial charge in [-0.2, -0.15) is 0 Å². The van der Waals surface area contributed by atoms with E-state index in [9.17, 15) is 0 Å². The summed E-state index contributed by atoms with van der Waals surface area (Å²) in [6, 6.07) is 5.83. The van der Waals surface area contributed by atoms with Gasteiger partial charge in [-0.3, -0.25) is 0 Å². The van der Waals surface area contributed by atoms with Gasteiger partial charge in [0.2, 0.25) is 0 Å². The summed E-state index contributed by atoms with van der Waals surface area (Å²) >= 11 is 6.18. The Balaban J connectivity index is 2.60. The number of benzene rings is 1. The number of terminal acetylenes is 1.